The third-order valence-electron chi connectivity index (χ3n) is 4.43. The van der Waals surface area contributed by atoms with E-state index in [2.05, 4.69) is 29.9 Å². The molecule has 0 saturated heterocycles. The number of sulfonamides is 1. The lowest BCUT2D eigenvalue weighted by Crippen LogP contribution is -2.17. The minimum atomic E-state index is -4.41. The van der Waals surface area contributed by atoms with Gasteiger partial charge in [0.2, 0.25) is 5.88 Å². The number of H-pyrrole nitrogens is 1. The molecule has 166 valence electrons. The lowest BCUT2D eigenvalue weighted by molar-refractivity contribution is 0.294. The molecule has 0 radical (unpaired) electrons. The van der Waals surface area contributed by atoms with Crippen molar-refractivity contribution in [3.8, 4) is 11.6 Å². The summed E-state index contributed by atoms with van der Waals surface area (Å²) in [5.41, 5.74) is 0.751. The van der Waals surface area contributed by atoms with E-state index in [1.165, 1.54) is 19.5 Å². The smallest absolute Gasteiger partial charge is 0.267 e. The number of halogens is 2. The first-order valence-electron chi connectivity index (χ1n) is 9.07. The van der Waals surface area contributed by atoms with E-state index in [1.807, 2.05) is 0 Å². The molecule has 0 spiro atoms. The van der Waals surface area contributed by atoms with E-state index >= 15 is 0 Å². The first-order valence-corrected chi connectivity index (χ1v) is 10.6. The largest absolute Gasteiger partial charge is 0.486 e. The number of rotatable bonds is 7. The topological polar surface area (TPSA) is 132 Å². The first-order chi connectivity index (χ1) is 15.3. The lowest BCUT2D eigenvalue weighted by atomic mass is 10.3. The molecule has 0 amide bonds. The van der Waals surface area contributed by atoms with Crippen molar-refractivity contribution in [2.45, 2.75) is 18.4 Å². The third kappa shape index (κ3) is 4.14. The molecule has 0 aromatic carbocycles. The summed E-state index contributed by atoms with van der Waals surface area (Å²) in [7, 11) is -3.23. The molecule has 0 saturated carbocycles. The quantitative estimate of drug-likeness (QED) is 0.429. The third-order valence-corrected chi connectivity index (χ3v) is 5.79. The maximum Gasteiger partial charge on any atom is 0.267 e. The second-order valence-corrected chi connectivity index (χ2v) is 8.20. The van der Waals surface area contributed by atoms with Crippen LogP contribution in [0.15, 0.2) is 41.7 Å². The van der Waals surface area contributed by atoms with Crippen LogP contribution in [0, 0.1) is 18.6 Å². The van der Waals surface area contributed by atoms with Crippen LogP contribution >= 0.6 is 0 Å². The van der Waals surface area contributed by atoms with Gasteiger partial charge in [0.05, 0.1) is 30.9 Å². The van der Waals surface area contributed by atoms with Gasteiger partial charge in [-0.15, -0.1) is 0 Å². The van der Waals surface area contributed by atoms with Crippen LogP contribution in [0.2, 0.25) is 0 Å². The number of aryl methyl sites for hydroxylation is 1. The van der Waals surface area contributed by atoms with Gasteiger partial charge in [-0.05, 0) is 19.1 Å². The van der Waals surface area contributed by atoms with Crippen molar-refractivity contribution >= 4 is 26.7 Å². The van der Waals surface area contributed by atoms with Gasteiger partial charge < -0.3 is 9.47 Å². The predicted octanol–water partition coefficient (Wildman–Crippen LogP) is 2.72. The van der Waals surface area contributed by atoms with Crippen LogP contribution in [-0.2, 0) is 16.6 Å². The van der Waals surface area contributed by atoms with Crippen molar-refractivity contribution in [2.24, 2.45) is 0 Å². The van der Waals surface area contributed by atoms with Gasteiger partial charge in [-0.3, -0.25) is 14.8 Å². The number of hydrogen-bond donors (Lipinski definition) is 2. The Morgan fingerprint density at radius 1 is 1.16 bits per heavy atom. The average molecular weight is 462 g/mol. The number of ether oxygens (including phenoxy) is 2. The molecule has 32 heavy (non-hydrogen) atoms. The van der Waals surface area contributed by atoms with Crippen LogP contribution in [0.4, 0.5) is 14.5 Å². The normalized spacial score (nSPS) is 11.5. The van der Waals surface area contributed by atoms with E-state index in [-0.39, 0.29) is 18.2 Å². The fraction of sp³-hybridized carbons (Fsp3) is 0.158. The molecule has 10 nitrogen and oxygen atoms in total. The van der Waals surface area contributed by atoms with Gasteiger partial charge in [0.25, 0.3) is 10.0 Å². The summed E-state index contributed by atoms with van der Waals surface area (Å²) < 4.78 is 66.3. The number of aromatic nitrogens is 5. The van der Waals surface area contributed by atoms with Crippen LogP contribution in [0.3, 0.4) is 0 Å². The van der Waals surface area contributed by atoms with E-state index in [1.54, 1.807) is 13.0 Å². The van der Waals surface area contributed by atoms with E-state index < -0.39 is 32.2 Å². The van der Waals surface area contributed by atoms with Gasteiger partial charge in [0.15, 0.2) is 16.4 Å². The summed E-state index contributed by atoms with van der Waals surface area (Å²) in [5.74, 6) is -1.83. The minimum absolute atomic E-state index is 0.154. The molecule has 0 aliphatic rings. The molecule has 0 unspecified atom stereocenters. The maximum absolute atomic E-state index is 14.9. The Bertz CT molecular complexity index is 1410. The highest BCUT2D eigenvalue weighted by Gasteiger charge is 2.24. The Labute approximate surface area is 180 Å². The Hall–Kier alpha value is -3.87. The number of anilines is 1. The van der Waals surface area contributed by atoms with Gasteiger partial charge in [-0.25, -0.2) is 27.2 Å². The minimum Gasteiger partial charge on any atom is -0.486 e. The molecule has 2 N–H and O–H groups in total. The summed E-state index contributed by atoms with van der Waals surface area (Å²) in [4.78, 5) is 11.1. The van der Waals surface area contributed by atoms with Gasteiger partial charge in [0.1, 0.15) is 23.9 Å². The first kappa shape index (κ1) is 21.4. The summed E-state index contributed by atoms with van der Waals surface area (Å²) >= 11 is 0. The molecule has 0 fully saturated rings. The van der Waals surface area contributed by atoms with E-state index in [9.17, 15) is 17.2 Å². The van der Waals surface area contributed by atoms with Gasteiger partial charge in [-0.1, -0.05) is 0 Å². The molecule has 4 aromatic rings. The Kier molecular flexibility index (Phi) is 5.57. The highest BCUT2D eigenvalue weighted by molar-refractivity contribution is 7.92. The molecule has 0 aliphatic carbocycles. The van der Waals surface area contributed by atoms with Crippen LogP contribution in [0.1, 0.15) is 11.4 Å². The van der Waals surface area contributed by atoms with Gasteiger partial charge in [-0.2, -0.15) is 5.10 Å². The summed E-state index contributed by atoms with van der Waals surface area (Å²) in [6, 6.07) is 3.53. The van der Waals surface area contributed by atoms with Crippen LogP contribution in [0.25, 0.3) is 11.0 Å². The lowest BCUT2D eigenvalue weighted by Gasteiger charge is -2.13. The second-order valence-electron chi connectivity index (χ2n) is 6.55. The van der Waals surface area contributed by atoms with E-state index in [0.29, 0.717) is 11.4 Å². The Morgan fingerprint density at radius 3 is 2.75 bits per heavy atom. The molecule has 4 rings (SSSR count). The van der Waals surface area contributed by atoms with Crippen molar-refractivity contribution in [3.63, 3.8) is 0 Å². The standard InChI is InChI=1S/C19H16F2N6O4S/c1-10-13-6-12(8-23-18(13)26-25-10)31-9-15-17(21)14(3-4-22-15)27-32(28,29)16-5-11(20)7-24-19(16)30-2/h3-8H,9H2,1-2H3,(H,22,27)(H,23,25,26). The number of nitrogens with zero attached hydrogens (tertiary/aromatic N) is 4. The molecule has 0 aliphatic heterocycles. The Morgan fingerprint density at radius 2 is 1.97 bits per heavy atom. The Balaban J connectivity index is 1.57. The zero-order valence-corrected chi connectivity index (χ0v) is 17.6. The van der Waals surface area contributed by atoms with Crippen LogP contribution < -0.4 is 14.2 Å². The van der Waals surface area contributed by atoms with Crippen LogP contribution in [-0.4, -0.2) is 40.7 Å². The highest BCUT2D eigenvalue weighted by atomic mass is 32.2. The second kappa shape index (κ2) is 8.34. The highest BCUT2D eigenvalue weighted by Crippen LogP contribution is 2.26. The van der Waals surface area contributed by atoms with Crippen molar-refractivity contribution < 1.29 is 26.7 Å². The molecular formula is C19H16F2N6O4S. The number of fused-ring (bicyclic) bond motifs is 1. The molecule has 0 atom stereocenters. The molecular weight excluding hydrogens is 446 g/mol. The number of nitrogens with one attached hydrogen (secondary N) is 2. The fourth-order valence-electron chi connectivity index (χ4n) is 2.86. The molecule has 4 aromatic heterocycles. The van der Waals surface area contributed by atoms with E-state index in [0.717, 1.165) is 29.4 Å². The predicted molar refractivity (Wildman–Crippen MR) is 109 cm³/mol. The zero-order chi connectivity index (χ0) is 22.9. The van der Waals surface area contributed by atoms with Gasteiger partial charge in [0, 0.05) is 17.6 Å². The zero-order valence-electron chi connectivity index (χ0n) is 16.8. The van der Waals surface area contributed by atoms with Crippen molar-refractivity contribution in [1.29, 1.82) is 0 Å². The fourth-order valence-corrected chi connectivity index (χ4v) is 4.05. The number of methoxy groups -OCH3 is 1. The summed E-state index contributed by atoms with van der Waals surface area (Å²) in [6.45, 7) is 1.50. The monoisotopic (exact) mass is 462 g/mol. The number of aromatic amines is 1. The van der Waals surface area contributed by atoms with E-state index in [4.69, 9.17) is 9.47 Å². The number of hydrogen-bond acceptors (Lipinski definition) is 8. The SMILES string of the molecule is COc1ncc(F)cc1S(=O)(=O)Nc1ccnc(COc2cnc3[nH]nc(C)c3c2)c1F. The number of pyridine rings is 3. The van der Waals surface area contributed by atoms with Crippen LogP contribution in [0.5, 0.6) is 11.6 Å². The van der Waals surface area contributed by atoms with Crippen molar-refractivity contribution in [3.05, 3.63) is 59.8 Å². The molecule has 4 heterocycles. The maximum atomic E-state index is 14.9. The summed E-state index contributed by atoms with van der Waals surface area (Å²) in [6.07, 6.45) is 3.45. The molecule has 13 heteroatoms. The van der Waals surface area contributed by atoms with Gasteiger partial charge >= 0.3 is 0 Å². The molecule has 0 bridgehead atoms. The summed E-state index contributed by atoms with van der Waals surface area (Å²) in [5, 5.41) is 7.55. The average Bonchev–Trinajstić information content (AvgIpc) is 3.14. The van der Waals surface area contributed by atoms with Crippen molar-refractivity contribution in [2.75, 3.05) is 11.8 Å². The van der Waals surface area contributed by atoms with Crippen molar-refractivity contribution in [1.82, 2.24) is 25.1 Å².